The van der Waals surface area contributed by atoms with Crippen LogP contribution in [-0.2, 0) is 4.84 Å². The van der Waals surface area contributed by atoms with Gasteiger partial charge in [0.2, 0.25) is 0 Å². The maximum absolute atomic E-state index is 5.63. The Morgan fingerprint density at radius 1 is 1.36 bits per heavy atom. The zero-order valence-corrected chi connectivity index (χ0v) is 7.99. The quantitative estimate of drug-likeness (QED) is 0.622. The second-order valence-electron chi connectivity index (χ2n) is 3.78. The maximum atomic E-state index is 5.63. The lowest BCUT2D eigenvalue weighted by atomic mass is 9.94. The Morgan fingerprint density at radius 2 is 2.29 bits per heavy atom. The van der Waals surface area contributed by atoms with E-state index in [-0.39, 0.29) is 0 Å². The molecule has 3 heteroatoms. The van der Waals surface area contributed by atoms with E-state index in [1.165, 1.54) is 5.56 Å². The summed E-state index contributed by atoms with van der Waals surface area (Å²) in [5, 5.41) is 4.08. The second kappa shape index (κ2) is 2.74. The van der Waals surface area contributed by atoms with Gasteiger partial charge in [0.05, 0.1) is 5.92 Å². The lowest BCUT2D eigenvalue weighted by Crippen LogP contribution is -2.27. The van der Waals surface area contributed by atoms with Gasteiger partial charge in [-0.05, 0) is 19.1 Å². The summed E-state index contributed by atoms with van der Waals surface area (Å²) in [5.41, 5.74) is 3.37. The fourth-order valence-electron chi connectivity index (χ4n) is 1.91. The van der Waals surface area contributed by atoms with Gasteiger partial charge in [0.15, 0.2) is 0 Å². The largest absolute Gasteiger partial charge is 0.492 e. The van der Waals surface area contributed by atoms with Crippen LogP contribution in [-0.4, -0.2) is 18.9 Å². The summed E-state index contributed by atoms with van der Waals surface area (Å²) in [6.07, 6.45) is 0. The summed E-state index contributed by atoms with van der Waals surface area (Å²) in [4.78, 5) is 5.10. The number of oxime groups is 1. The molecule has 0 fully saturated rings. The summed E-state index contributed by atoms with van der Waals surface area (Å²) in [6, 6.07) is 6.16. The zero-order chi connectivity index (χ0) is 9.54. The Morgan fingerprint density at radius 3 is 3.21 bits per heavy atom. The van der Waals surface area contributed by atoms with Gasteiger partial charge in [-0.2, -0.15) is 0 Å². The van der Waals surface area contributed by atoms with E-state index in [1.54, 1.807) is 0 Å². The molecule has 1 unspecified atom stereocenters. The van der Waals surface area contributed by atoms with Crippen LogP contribution in [0.2, 0.25) is 0 Å². The summed E-state index contributed by atoms with van der Waals surface area (Å²) in [5.74, 6) is 1.25. The Labute approximate surface area is 82.3 Å². The van der Waals surface area contributed by atoms with Crippen LogP contribution in [0.4, 0.5) is 0 Å². The van der Waals surface area contributed by atoms with E-state index in [0.29, 0.717) is 19.1 Å². The Kier molecular flexibility index (Phi) is 1.54. The van der Waals surface area contributed by atoms with E-state index in [2.05, 4.69) is 24.2 Å². The molecule has 2 aliphatic rings. The molecule has 3 rings (SSSR count). The summed E-state index contributed by atoms with van der Waals surface area (Å²) >= 11 is 0. The van der Waals surface area contributed by atoms with Crippen LogP contribution in [0.15, 0.2) is 23.4 Å². The first-order valence-corrected chi connectivity index (χ1v) is 4.78. The molecule has 1 aromatic rings. The third kappa shape index (κ3) is 1.02. The van der Waals surface area contributed by atoms with E-state index in [1.807, 2.05) is 6.07 Å². The molecule has 0 bridgehead atoms. The lowest BCUT2D eigenvalue weighted by molar-refractivity contribution is 0.137. The average Bonchev–Trinajstić information content (AvgIpc) is 2.65. The van der Waals surface area contributed by atoms with Crippen LogP contribution in [0.25, 0.3) is 0 Å². The van der Waals surface area contributed by atoms with Gasteiger partial charge >= 0.3 is 0 Å². The summed E-state index contributed by atoms with van der Waals surface area (Å²) in [7, 11) is 0. The van der Waals surface area contributed by atoms with Crippen LogP contribution in [0.1, 0.15) is 11.1 Å². The molecule has 0 aromatic heterocycles. The molecule has 0 amide bonds. The zero-order valence-electron chi connectivity index (χ0n) is 7.99. The van der Waals surface area contributed by atoms with Gasteiger partial charge in [-0.15, -0.1) is 0 Å². The molecule has 0 N–H and O–H groups in total. The van der Waals surface area contributed by atoms with Crippen molar-refractivity contribution in [1.29, 1.82) is 0 Å². The molecule has 0 aliphatic carbocycles. The topological polar surface area (TPSA) is 30.8 Å². The molecule has 0 spiro atoms. The number of ether oxygens (including phenoxy) is 1. The monoisotopic (exact) mass is 189 g/mol. The van der Waals surface area contributed by atoms with Gasteiger partial charge in [-0.1, -0.05) is 16.8 Å². The van der Waals surface area contributed by atoms with Crippen molar-refractivity contribution in [2.24, 2.45) is 11.1 Å². The third-order valence-electron chi connectivity index (χ3n) is 2.68. The van der Waals surface area contributed by atoms with E-state index in [9.17, 15) is 0 Å². The smallest absolute Gasteiger partial charge is 0.129 e. The number of hydrogen-bond donors (Lipinski definition) is 0. The number of aryl methyl sites for hydroxylation is 1. The molecule has 2 heterocycles. The molecule has 3 nitrogen and oxygen atoms in total. The van der Waals surface area contributed by atoms with Crippen LogP contribution >= 0.6 is 0 Å². The van der Waals surface area contributed by atoms with Gasteiger partial charge in [0.25, 0.3) is 0 Å². The highest BCUT2D eigenvalue weighted by molar-refractivity contribution is 6.05. The number of fused-ring (bicyclic) bond motifs is 3. The lowest BCUT2D eigenvalue weighted by Gasteiger charge is -2.21. The van der Waals surface area contributed by atoms with E-state index >= 15 is 0 Å². The molecule has 0 radical (unpaired) electrons. The highest BCUT2D eigenvalue weighted by Crippen LogP contribution is 2.31. The van der Waals surface area contributed by atoms with Gasteiger partial charge in [0, 0.05) is 5.56 Å². The average molecular weight is 189 g/mol. The summed E-state index contributed by atoms with van der Waals surface area (Å²) < 4.78 is 5.63. The van der Waals surface area contributed by atoms with Gasteiger partial charge in [-0.3, -0.25) is 0 Å². The molecular formula is C11H11NO2. The third-order valence-corrected chi connectivity index (χ3v) is 2.68. The standard InChI is InChI=1S/C11H11NO2/c1-7-2-3-10-9(4-7)11-8(5-13-10)6-14-12-11/h2-4,8H,5-6H2,1H3. The van der Waals surface area contributed by atoms with Crippen molar-refractivity contribution in [3.63, 3.8) is 0 Å². The minimum Gasteiger partial charge on any atom is -0.492 e. The molecule has 0 saturated carbocycles. The van der Waals surface area contributed by atoms with Crippen LogP contribution in [0.3, 0.4) is 0 Å². The van der Waals surface area contributed by atoms with Crippen LogP contribution in [0, 0.1) is 12.8 Å². The van der Waals surface area contributed by atoms with Crippen molar-refractivity contribution in [2.45, 2.75) is 6.92 Å². The Balaban J connectivity index is 2.16. The molecular weight excluding hydrogens is 178 g/mol. The highest BCUT2D eigenvalue weighted by Gasteiger charge is 2.31. The van der Waals surface area contributed by atoms with Crippen molar-refractivity contribution >= 4 is 5.71 Å². The number of nitrogens with zero attached hydrogens (tertiary/aromatic N) is 1. The highest BCUT2D eigenvalue weighted by atomic mass is 16.6. The molecule has 2 aliphatic heterocycles. The fraction of sp³-hybridized carbons (Fsp3) is 0.364. The van der Waals surface area contributed by atoms with Crippen LogP contribution < -0.4 is 4.74 Å². The Bertz CT molecular complexity index is 412. The molecule has 1 aromatic carbocycles. The predicted octanol–water partition coefficient (Wildman–Crippen LogP) is 1.74. The van der Waals surface area contributed by atoms with Gasteiger partial charge in [0.1, 0.15) is 24.7 Å². The van der Waals surface area contributed by atoms with Gasteiger partial charge in [-0.25, -0.2) is 0 Å². The SMILES string of the molecule is Cc1ccc2c(c1)C1=NOCC1CO2. The van der Waals surface area contributed by atoms with E-state index in [0.717, 1.165) is 17.0 Å². The van der Waals surface area contributed by atoms with Crippen molar-refractivity contribution < 1.29 is 9.57 Å². The normalized spacial score (nSPS) is 22.9. The van der Waals surface area contributed by atoms with E-state index in [4.69, 9.17) is 9.57 Å². The van der Waals surface area contributed by atoms with Crippen molar-refractivity contribution in [3.8, 4) is 5.75 Å². The van der Waals surface area contributed by atoms with Crippen molar-refractivity contribution in [2.75, 3.05) is 13.2 Å². The van der Waals surface area contributed by atoms with Crippen LogP contribution in [0.5, 0.6) is 5.75 Å². The molecule has 72 valence electrons. The number of rotatable bonds is 0. The first-order chi connectivity index (χ1) is 6.84. The molecule has 0 saturated heterocycles. The fourth-order valence-corrected chi connectivity index (χ4v) is 1.91. The maximum Gasteiger partial charge on any atom is 0.129 e. The minimum atomic E-state index is 0.323. The predicted molar refractivity (Wildman–Crippen MR) is 52.7 cm³/mol. The number of benzene rings is 1. The molecule has 14 heavy (non-hydrogen) atoms. The number of hydrogen-bond acceptors (Lipinski definition) is 3. The van der Waals surface area contributed by atoms with Crippen molar-refractivity contribution in [1.82, 2.24) is 0 Å². The van der Waals surface area contributed by atoms with Gasteiger partial charge < -0.3 is 9.57 Å². The van der Waals surface area contributed by atoms with E-state index < -0.39 is 0 Å². The first-order valence-electron chi connectivity index (χ1n) is 4.78. The van der Waals surface area contributed by atoms with Crippen molar-refractivity contribution in [3.05, 3.63) is 29.3 Å². The minimum absolute atomic E-state index is 0.323. The second-order valence-corrected chi connectivity index (χ2v) is 3.78. The first kappa shape index (κ1) is 7.85. The Hall–Kier alpha value is -1.51. The summed E-state index contributed by atoms with van der Waals surface area (Å²) in [6.45, 7) is 3.41. The molecule has 1 atom stereocenters.